The summed E-state index contributed by atoms with van der Waals surface area (Å²) in [6.07, 6.45) is 0. The maximum Gasteiger partial charge on any atom is 0.421 e. The number of benzene rings is 1. The van der Waals surface area contributed by atoms with Crippen LogP contribution in [0.2, 0.25) is 0 Å². The van der Waals surface area contributed by atoms with Gasteiger partial charge in [-0.1, -0.05) is 12.1 Å². The molecule has 1 saturated heterocycles. The lowest BCUT2D eigenvalue weighted by Gasteiger charge is -2.25. The minimum atomic E-state index is -0.260. The number of aromatic nitrogens is 1. The monoisotopic (exact) mass is 250 g/mol. The second-order valence-corrected chi connectivity index (χ2v) is 5.36. The molecule has 0 atom stereocenters. The number of oxazole rings is 1. The molecule has 0 spiro atoms. The van der Waals surface area contributed by atoms with Crippen molar-refractivity contribution >= 4 is 22.9 Å². The van der Waals surface area contributed by atoms with Crippen molar-refractivity contribution in [3.05, 3.63) is 34.8 Å². The number of nitrogens with zero attached hydrogens (tertiary/aromatic N) is 2. The third-order valence-electron chi connectivity index (χ3n) is 3.02. The van der Waals surface area contributed by atoms with Gasteiger partial charge < -0.3 is 4.42 Å². The largest absolute Gasteiger partial charge is 0.421 e. The molecule has 0 radical (unpaired) electrons. The van der Waals surface area contributed by atoms with Crippen LogP contribution >= 0.6 is 11.8 Å². The first-order valence-electron chi connectivity index (χ1n) is 5.73. The molecule has 0 bridgehead atoms. The molecule has 17 heavy (non-hydrogen) atoms. The molecule has 4 nitrogen and oxygen atoms in total. The van der Waals surface area contributed by atoms with Gasteiger partial charge in [-0.15, -0.1) is 0 Å². The maximum absolute atomic E-state index is 11.8. The SMILES string of the molecule is O=c1oc2ccccc2n1CN1CCSCC1. The van der Waals surface area contributed by atoms with Crippen molar-refractivity contribution in [1.29, 1.82) is 0 Å². The summed E-state index contributed by atoms with van der Waals surface area (Å²) >= 11 is 1.97. The summed E-state index contributed by atoms with van der Waals surface area (Å²) in [6.45, 7) is 2.71. The Morgan fingerprint density at radius 1 is 1.24 bits per heavy atom. The van der Waals surface area contributed by atoms with Gasteiger partial charge in [-0.05, 0) is 12.1 Å². The first-order chi connectivity index (χ1) is 8.34. The van der Waals surface area contributed by atoms with Gasteiger partial charge in [0, 0.05) is 24.6 Å². The Balaban J connectivity index is 1.93. The van der Waals surface area contributed by atoms with E-state index in [4.69, 9.17) is 4.42 Å². The minimum absolute atomic E-state index is 0.260. The molecule has 3 rings (SSSR count). The normalized spacial score (nSPS) is 17.6. The van der Waals surface area contributed by atoms with E-state index in [0.29, 0.717) is 12.3 Å². The van der Waals surface area contributed by atoms with Crippen molar-refractivity contribution in [2.75, 3.05) is 24.6 Å². The molecule has 2 aromatic rings. The molecule has 0 unspecified atom stereocenters. The average Bonchev–Trinajstić information content (AvgIpc) is 2.68. The zero-order chi connectivity index (χ0) is 11.7. The van der Waals surface area contributed by atoms with Gasteiger partial charge in [-0.3, -0.25) is 9.47 Å². The Morgan fingerprint density at radius 3 is 2.82 bits per heavy atom. The Labute approximate surface area is 103 Å². The van der Waals surface area contributed by atoms with E-state index < -0.39 is 0 Å². The van der Waals surface area contributed by atoms with Gasteiger partial charge in [0.1, 0.15) is 0 Å². The number of rotatable bonds is 2. The molecule has 0 N–H and O–H groups in total. The second kappa shape index (κ2) is 4.58. The van der Waals surface area contributed by atoms with Gasteiger partial charge in [0.05, 0.1) is 12.2 Å². The summed E-state index contributed by atoms with van der Waals surface area (Å²) < 4.78 is 6.93. The van der Waals surface area contributed by atoms with Crippen molar-refractivity contribution < 1.29 is 4.42 Å². The molecule has 1 aliphatic heterocycles. The van der Waals surface area contributed by atoms with Gasteiger partial charge >= 0.3 is 5.76 Å². The summed E-state index contributed by atoms with van der Waals surface area (Å²) in [7, 11) is 0. The fourth-order valence-corrected chi connectivity index (χ4v) is 3.07. The standard InChI is InChI=1S/C12H14N2O2S/c15-12-14(9-13-5-7-17-8-6-13)10-3-1-2-4-11(10)16-12/h1-4H,5-9H2. The molecule has 0 amide bonds. The Kier molecular flexibility index (Phi) is 2.94. The van der Waals surface area contributed by atoms with E-state index in [1.165, 1.54) is 0 Å². The zero-order valence-electron chi connectivity index (χ0n) is 9.46. The molecule has 90 valence electrons. The molecule has 2 heterocycles. The van der Waals surface area contributed by atoms with Gasteiger partial charge in [-0.25, -0.2) is 4.79 Å². The van der Waals surface area contributed by atoms with Crippen LogP contribution < -0.4 is 5.76 Å². The number of hydrogen-bond acceptors (Lipinski definition) is 4. The van der Waals surface area contributed by atoms with Crippen molar-refractivity contribution in [3.63, 3.8) is 0 Å². The highest BCUT2D eigenvalue weighted by molar-refractivity contribution is 7.99. The predicted octanol–water partition coefficient (Wildman–Crippen LogP) is 1.60. The van der Waals surface area contributed by atoms with Crippen molar-refractivity contribution in [2.45, 2.75) is 6.67 Å². The Morgan fingerprint density at radius 2 is 2.00 bits per heavy atom. The molecule has 1 aliphatic rings. The van der Waals surface area contributed by atoms with Gasteiger partial charge in [-0.2, -0.15) is 11.8 Å². The number of thioether (sulfide) groups is 1. The lowest BCUT2D eigenvalue weighted by atomic mass is 10.3. The van der Waals surface area contributed by atoms with Crippen LogP contribution in [0, 0.1) is 0 Å². The first-order valence-corrected chi connectivity index (χ1v) is 6.88. The molecule has 1 aromatic carbocycles. The summed E-state index contributed by atoms with van der Waals surface area (Å²) in [6, 6.07) is 7.57. The van der Waals surface area contributed by atoms with E-state index in [2.05, 4.69) is 4.90 Å². The summed E-state index contributed by atoms with van der Waals surface area (Å²) in [5.41, 5.74) is 1.56. The summed E-state index contributed by atoms with van der Waals surface area (Å²) in [5.74, 6) is 2.03. The Bertz CT molecular complexity index is 569. The molecule has 0 aliphatic carbocycles. The Hall–Kier alpha value is -1.20. The molecule has 1 aromatic heterocycles. The minimum Gasteiger partial charge on any atom is -0.408 e. The van der Waals surface area contributed by atoms with E-state index in [-0.39, 0.29) is 5.76 Å². The van der Waals surface area contributed by atoms with Gasteiger partial charge in [0.2, 0.25) is 0 Å². The van der Waals surface area contributed by atoms with Crippen LogP contribution in [0.25, 0.3) is 11.1 Å². The van der Waals surface area contributed by atoms with Crippen LogP contribution in [-0.4, -0.2) is 34.1 Å². The van der Waals surface area contributed by atoms with Crippen molar-refractivity contribution in [1.82, 2.24) is 9.47 Å². The van der Waals surface area contributed by atoms with Crippen molar-refractivity contribution in [3.8, 4) is 0 Å². The highest BCUT2D eigenvalue weighted by Gasteiger charge is 2.14. The second-order valence-electron chi connectivity index (χ2n) is 4.14. The summed E-state index contributed by atoms with van der Waals surface area (Å²) in [5, 5.41) is 0. The molecular weight excluding hydrogens is 236 g/mol. The predicted molar refractivity (Wildman–Crippen MR) is 69.4 cm³/mol. The maximum atomic E-state index is 11.8. The first kappa shape index (κ1) is 10.9. The van der Waals surface area contributed by atoms with Gasteiger partial charge in [0.15, 0.2) is 5.58 Å². The number of hydrogen-bond donors (Lipinski definition) is 0. The fourth-order valence-electron chi connectivity index (χ4n) is 2.09. The topological polar surface area (TPSA) is 38.4 Å². The summed E-state index contributed by atoms with van der Waals surface area (Å²) in [4.78, 5) is 14.1. The van der Waals surface area contributed by atoms with Crippen LogP contribution in [-0.2, 0) is 6.67 Å². The third-order valence-corrected chi connectivity index (χ3v) is 3.96. The van der Waals surface area contributed by atoms with E-state index in [9.17, 15) is 4.79 Å². The molecule has 1 fully saturated rings. The molecule has 5 heteroatoms. The molecular formula is C12H14N2O2S. The molecule has 0 saturated carbocycles. The van der Waals surface area contributed by atoms with E-state index in [1.54, 1.807) is 4.57 Å². The zero-order valence-corrected chi connectivity index (χ0v) is 10.3. The van der Waals surface area contributed by atoms with Crippen molar-refractivity contribution in [2.24, 2.45) is 0 Å². The van der Waals surface area contributed by atoms with Crippen LogP contribution in [0.3, 0.4) is 0 Å². The van der Waals surface area contributed by atoms with E-state index in [1.807, 2.05) is 36.0 Å². The number of fused-ring (bicyclic) bond motifs is 1. The fraction of sp³-hybridized carbons (Fsp3) is 0.417. The van der Waals surface area contributed by atoms with Gasteiger partial charge in [0.25, 0.3) is 0 Å². The van der Waals surface area contributed by atoms with E-state index in [0.717, 1.165) is 30.1 Å². The quantitative estimate of drug-likeness (QED) is 0.811. The smallest absolute Gasteiger partial charge is 0.408 e. The van der Waals surface area contributed by atoms with Crippen LogP contribution in [0.5, 0.6) is 0 Å². The van der Waals surface area contributed by atoms with Crippen LogP contribution in [0.1, 0.15) is 0 Å². The van der Waals surface area contributed by atoms with Crippen LogP contribution in [0.15, 0.2) is 33.5 Å². The highest BCUT2D eigenvalue weighted by atomic mass is 32.2. The lowest BCUT2D eigenvalue weighted by molar-refractivity contribution is 0.235. The number of para-hydroxylation sites is 2. The van der Waals surface area contributed by atoms with Crippen LogP contribution in [0.4, 0.5) is 0 Å². The lowest BCUT2D eigenvalue weighted by Crippen LogP contribution is -2.36. The van der Waals surface area contributed by atoms with E-state index >= 15 is 0 Å². The highest BCUT2D eigenvalue weighted by Crippen LogP contribution is 2.14. The third kappa shape index (κ3) is 2.12. The average molecular weight is 250 g/mol.